The van der Waals surface area contributed by atoms with Gasteiger partial charge in [-0.15, -0.1) is 11.8 Å². The summed E-state index contributed by atoms with van der Waals surface area (Å²) in [5.41, 5.74) is 2.83. The van der Waals surface area contributed by atoms with E-state index >= 15 is 4.79 Å². The van der Waals surface area contributed by atoms with Crippen LogP contribution < -0.4 is 33.7 Å². The maximum Gasteiger partial charge on any atom is 0.514 e. The van der Waals surface area contributed by atoms with Crippen LogP contribution in [0, 0.1) is 25.2 Å². The number of aryl methyl sites for hydroxylation is 1. The van der Waals surface area contributed by atoms with Crippen molar-refractivity contribution in [3.63, 3.8) is 0 Å². The van der Waals surface area contributed by atoms with Gasteiger partial charge in [-0.05, 0) is 61.1 Å². The quantitative estimate of drug-likeness (QED) is 0.0915. The number of carbonyl (C=O) groups excluding carboxylic acids is 4. The highest BCUT2D eigenvalue weighted by Gasteiger charge is 2.63. The first-order valence-electron chi connectivity index (χ1n) is 21.3. The first kappa shape index (κ1) is 44.6. The van der Waals surface area contributed by atoms with Gasteiger partial charge < -0.3 is 47.7 Å². The SMILES string of the molecule is C=CCOC(=O)Oc1cc2c(cc1OC)[C@@]1(CS[C@@H]3c4c(OC(C)=O)c(C)c5c(c4[C@@H](COC1=O)N1C3[C@H]3c4c(cc(C)c(OC)c4O)C[C@H]([C@@H]1C#N)N3C(=O)OCC=C)OCO5)NCC2. The highest BCUT2D eigenvalue weighted by atomic mass is 32.2. The molecule has 4 bridgehead atoms. The van der Waals surface area contributed by atoms with Gasteiger partial charge in [0, 0.05) is 41.5 Å². The van der Waals surface area contributed by atoms with Crippen LogP contribution in [0.15, 0.2) is 43.5 Å². The molecule has 0 aliphatic carbocycles. The zero-order chi connectivity index (χ0) is 46.8. The number of nitriles is 1. The van der Waals surface area contributed by atoms with E-state index in [2.05, 4.69) is 24.5 Å². The maximum atomic E-state index is 15.1. The molecular weight excluding hydrogens is 877 g/mol. The molecule has 0 aromatic heterocycles. The van der Waals surface area contributed by atoms with Gasteiger partial charge in [0.25, 0.3) is 0 Å². The Morgan fingerprint density at radius 3 is 2.45 bits per heavy atom. The van der Waals surface area contributed by atoms with E-state index in [1.54, 1.807) is 19.1 Å². The molecule has 7 heterocycles. The van der Waals surface area contributed by atoms with E-state index in [0.717, 1.165) is 0 Å². The average Bonchev–Trinajstić information content (AvgIpc) is 3.79. The molecule has 3 aromatic rings. The Morgan fingerprint density at radius 1 is 0.985 bits per heavy atom. The minimum Gasteiger partial charge on any atom is -0.504 e. The lowest BCUT2D eigenvalue weighted by Crippen LogP contribution is -2.71. The molecule has 1 unspecified atom stereocenters. The number of hydrogen-bond acceptors (Lipinski definition) is 18. The normalized spacial score (nSPS) is 25.4. The van der Waals surface area contributed by atoms with Crippen LogP contribution >= 0.6 is 11.8 Å². The number of phenols is 1. The highest BCUT2D eigenvalue weighted by Crippen LogP contribution is 2.65. The number of phenolic OH excluding ortho intramolecular Hbond substituents is 1. The van der Waals surface area contributed by atoms with Crippen LogP contribution in [-0.4, -0.2) is 110 Å². The Bertz CT molecular complexity index is 2630. The van der Waals surface area contributed by atoms with Gasteiger partial charge in [-0.3, -0.25) is 19.9 Å². The molecular formula is C47H48N4O14S. The summed E-state index contributed by atoms with van der Waals surface area (Å²) in [7, 11) is 2.85. The number of hydrogen-bond donors (Lipinski definition) is 2. The molecule has 19 heteroatoms. The molecule has 7 aliphatic heterocycles. The third-order valence-electron chi connectivity index (χ3n) is 13.2. The summed E-state index contributed by atoms with van der Waals surface area (Å²) in [4.78, 5) is 59.0. The van der Waals surface area contributed by atoms with Gasteiger partial charge in [0.05, 0.1) is 49.7 Å². The second kappa shape index (κ2) is 17.3. The van der Waals surface area contributed by atoms with Gasteiger partial charge in [0.15, 0.2) is 40.0 Å². The van der Waals surface area contributed by atoms with Crippen LogP contribution in [0.5, 0.6) is 40.2 Å². The van der Waals surface area contributed by atoms with Crippen molar-refractivity contribution in [3.8, 4) is 46.3 Å². The van der Waals surface area contributed by atoms with Crippen molar-refractivity contribution in [1.82, 2.24) is 15.1 Å². The van der Waals surface area contributed by atoms with Gasteiger partial charge in [0.1, 0.15) is 31.6 Å². The van der Waals surface area contributed by atoms with Gasteiger partial charge in [-0.2, -0.15) is 5.26 Å². The Labute approximate surface area is 384 Å². The van der Waals surface area contributed by atoms with E-state index in [1.807, 2.05) is 17.9 Å². The molecule has 0 saturated carbocycles. The average molecular weight is 925 g/mol. The highest BCUT2D eigenvalue weighted by molar-refractivity contribution is 7.99. The molecule has 2 N–H and O–H groups in total. The smallest absolute Gasteiger partial charge is 0.504 e. The molecule has 3 aromatic carbocycles. The third-order valence-corrected chi connectivity index (χ3v) is 14.6. The van der Waals surface area contributed by atoms with Crippen LogP contribution in [0.4, 0.5) is 9.59 Å². The lowest BCUT2D eigenvalue weighted by atomic mass is 9.71. The number of nitrogens with zero attached hydrogens (tertiary/aromatic N) is 3. The predicted molar refractivity (Wildman–Crippen MR) is 234 cm³/mol. The number of benzene rings is 3. The summed E-state index contributed by atoms with van der Waals surface area (Å²) in [5, 5.41) is 26.3. The minimum atomic E-state index is -1.57. The van der Waals surface area contributed by atoms with Crippen molar-refractivity contribution in [2.75, 3.05) is 53.1 Å². The number of thioether (sulfide) groups is 1. The Morgan fingerprint density at radius 2 is 1.74 bits per heavy atom. The topological polar surface area (TPSA) is 214 Å². The van der Waals surface area contributed by atoms with Crippen LogP contribution in [0.25, 0.3) is 0 Å². The molecule has 10 rings (SSSR count). The molecule has 18 nitrogen and oxygen atoms in total. The van der Waals surface area contributed by atoms with Crippen molar-refractivity contribution < 1.29 is 66.9 Å². The standard InChI is InChI=1S/C47H48N4O14S/c1-8-12-59-45(55)51-28-15-26-14-22(3)39(58-7)38(53)33(26)36(51)37-43-35-34(42-41(62-21-63-42)23(4)40(35)64-24(5)52)30(50(37)29(28)18-48)19-61-44(54)47(20-66-43)27-17-31(57-6)32(16-25(27)10-11-49-47)65-46(56)60-13-9-2/h8-9,14,16-17,28-30,36-37,43,49,53H,1-2,10-13,15,19-21H2,3-7H3/t28-,29+,30-,36-,37?,43-,47-/m1/s1. The minimum absolute atomic E-state index is 0.0416. The fourth-order valence-electron chi connectivity index (χ4n) is 10.7. The number of carbonyl (C=O) groups is 4. The summed E-state index contributed by atoms with van der Waals surface area (Å²) < 4.78 is 52.8. The summed E-state index contributed by atoms with van der Waals surface area (Å²) in [5.74, 6) is -0.178. The third kappa shape index (κ3) is 6.83. The maximum absolute atomic E-state index is 15.1. The van der Waals surface area contributed by atoms with E-state index in [9.17, 15) is 24.8 Å². The number of aromatic hydroxyl groups is 1. The monoisotopic (exact) mass is 924 g/mol. The molecule has 2 saturated heterocycles. The molecule has 1 spiro atoms. The molecule has 7 atom stereocenters. The largest absolute Gasteiger partial charge is 0.514 e. The summed E-state index contributed by atoms with van der Waals surface area (Å²) >= 11 is 1.31. The molecule has 2 fully saturated rings. The number of nitrogens with one attached hydrogen (secondary N) is 1. The molecule has 7 aliphatic rings. The lowest BCUT2D eigenvalue weighted by molar-refractivity contribution is -0.157. The summed E-state index contributed by atoms with van der Waals surface area (Å²) in [6.45, 7) is 11.7. The van der Waals surface area contributed by atoms with Crippen molar-refractivity contribution in [2.45, 2.75) is 74.6 Å². The fourth-order valence-corrected chi connectivity index (χ4v) is 12.4. The van der Waals surface area contributed by atoms with Crippen LogP contribution in [0.1, 0.15) is 68.8 Å². The molecule has 66 heavy (non-hydrogen) atoms. The summed E-state index contributed by atoms with van der Waals surface area (Å²) in [6.07, 6.45) is 1.72. The van der Waals surface area contributed by atoms with E-state index in [0.29, 0.717) is 69.0 Å². The zero-order valence-corrected chi connectivity index (χ0v) is 37.7. The fraction of sp³-hybridized carbons (Fsp3) is 0.426. The predicted octanol–water partition coefficient (Wildman–Crippen LogP) is 5.68. The van der Waals surface area contributed by atoms with Gasteiger partial charge in [-0.25, -0.2) is 14.4 Å². The number of rotatable bonds is 8. The molecule has 1 amide bonds. The van der Waals surface area contributed by atoms with E-state index in [4.69, 9.17) is 42.6 Å². The Balaban J connectivity index is 1.30. The number of amides is 1. The second-order valence-electron chi connectivity index (χ2n) is 16.6. The van der Waals surface area contributed by atoms with E-state index < -0.39 is 65.2 Å². The number of fused-ring (bicyclic) bond motifs is 9. The number of methoxy groups -OCH3 is 2. The number of ether oxygens (including phenoxy) is 9. The van der Waals surface area contributed by atoms with Crippen LogP contribution in [0.2, 0.25) is 0 Å². The van der Waals surface area contributed by atoms with Gasteiger partial charge in [-0.1, -0.05) is 31.4 Å². The van der Waals surface area contributed by atoms with E-state index in [1.165, 1.54) is 50.0 Å². The first-order valence-corrected chi connectivity index (χ1v) is 22.4. The van der Waals surface area contributed by atoms with Crippen LogP contribution in [0.3, 0.4) is 0 Å². The lowest BCUT2D eigenvalue weighted by Gasteiger charge is -2.62. The molecule has 346 valence electrons. The van der Waals surface area contributed by atoms with Crippen molar-refractivity contribution >= 4 is 35.9 Å². The Kier molecular flexibility index (Phi) is 11.7. The zero-order valence-electron chi connectivity index (χ0n) is 36.9. The van der Waals surface area contributed by atoms with Crippen molar-refractivity contribution in [3.05, 3.63) is 88.0 Å². The first-order chi connectivity index (χ1) is 31.8. The number of piperazine rings is 1. The van der Waals surface area contributed by atoms with Crippen molar-refractivity contribution in [2.24, 2.45) is 0 Å². The van der Waals surface area contributed by atoms with Crippen molar-refractivity contribution in [1.29, 1.82) is 5.26 Å². The number of esters is 2. The van der Waals surface area contributed by atoms with Crippen LogP contribution in [-0.2, 0) is 42.2 Å². The van der Waals surface area contributed by atoms with Gasteiger partial charge in [0.2, 0.25) is 6.79 Å². The molecule has 0 radical (unpaired) electrons. The summed E-state index contributed by atoms with van der Waals surface area (Å²) in [6, 6.07) is 2.88. The Hall–Kier alpha value is -6.62. The second-order valence-corrected chi connectivity index (χ2v) is 17.8. The van der Waals surface area contributed by atoms with Gasteiger partial charge >= 0.3 is 24.2 Å². The van der Waals surface area contributed by atoms with E-state index in [-0.39, 0.29) is 67.5 Å².